The van der Waals surface area contributed by atoms with Gasteiger partial charge in [-0.15, -0.1) is 11.3 Å². The number of rotatable bonds is 5. The first-order chi connectivity index (χ1) is 13.3. The lowest BCUT2D eigenvalue weighted by molar-refractivity contribution is -0.136. The first kappa shape index (κ1) is 20.5. The number of hydrogen-bond donors (Lipinski definition) is 2. The third kappa shape index (κ3) is 4.60. The molecule has 9 heteroatoms. The minimum Gasteiger partial charge on any atom is -0.346 e. The fraction of sp³-hybridized carbons (Fsp3) is 0.368. The Labute approximate surface area is 168 Å². The Morgan fingerprint density at radius 1 is 1.18 bits per heavy atom. The third-order valence-electron chi connectivity index (χ3n) is 4.57. The standard InChI is InChI=1S/C19H23N3O4S2/c1-13-9-14(2)11-15(10-13)21-19(24)18(23)20-12-16-5-3-7-22(16)28(25,26)17-6-4-8-27-17/h4,6,8-11,16H,3,5,7,12H2,1-2H3,(H,20,23)(H,21,24)/t16-/m0/s1. The Balaban J connectivity index is 1.59. The van der Waals surface area contributed by atoms with E-state index in [0.717, 1.165) is 17.5 Å². The van der Waals surface area contributed by atoms with Crippen LogP contribution in [0.15, 0.2) is 39.9 Å². The van der Waals surface area contributed by atoms with Gasteiger partial charge < -0.3 is 10.6 Å². The second-order valence-corrected chi connectivity index (χ2v) is 9.95. The van der Waals surface area contributed by atoms with E-state index < -0.39 is 21.8 Å². The summed E-state index contributed by atoms with van der Waals surface area (Å²) >= 11 is 1.17. The number of anilines is 1. The van der Waals surface area contributed by atoms with E-state index in [-0.39, 0.29) is 12.6 Å². The number of nitrogens with zero attached hydrogens (tertiary/aromatic N) is 1. The zero-order valence-corrected chi connectivity index (χ0v) is 17.4. The van der Waals surface area contributed by atoms with Crippen molar-refractivity contribution >= 4 is 38.9 Å². The van der Waals surface area contributed by atoms with Crippen molar-refractivity contribution in [2.75, 3.05) is 18.4 Å². The Bertz CT molecular complexity index is 951. The van der Waals surface area contributed by atoms with E-state index in [4.69, 9.17) is 0 Å². The first-order valence-corrected chi connectivity index (χ1v) is 11.3. The van der Waals surface area contributed by atoms with Crippen LogP contribution in [0.5, 0.6) is 0 Å². The first-order valence-electron chi connectivity index (χ1n) is 9.00. The zero-order chi connectivity index (χ0) is 20.3. The van der Waals surface area contributed by atoms with Crippen molar-refractivity contribution in [3.05, 3.63) is 46.8 Å². The van der Waals surface area contributed by atoms with Gasteiger partial charge in [-0.3, -0.25) is 9.59 Å². The number of amides is 2. The van der Waals surface area contributed by atoms with Gasteiger partial charge in [0.05, 0.1) is 0 Å². The second-order valence-electron chi connectivity index (χ2n) is 6.88. The van der Waals surface area contributed by atoms with Crippen LogP contribution in [-0.4, -0.2) is 43.7 Å². The molecule has 0 bridgehead atoms. The number of hydrogen-bond acceptors (Lipinski definition) is 5. The van der Waals surface area contributed by atoms with E-state index in [1.54, 1.807) is 29.6 Å². The van der Waals surface area contributed by atoms with Crippen LogP contribution in [0.2, 0.25) is 0 Å². The molecule has 2 amide bonds. The number of carbonyl (C=O) groups excluding carboxylic acids is 2. The molecule has 28 heavy (non-hydrogen) atoms. The summed E-state index contributed by atoms with van der Waals surface area (Å²) < 4.78 is 27.2. The zero-order valence-electron chi connectivity index (χ0n) is 15.8. The molecule has 0 saturated carbocycles. The third-order valence-corrected chi connectivity index (χ3v) is 7.89. The molecule has 150 valence electrons. The molecule has 1 atom stereocenters. The van der Waals surface area contributed by atoms with Gasteiger partial charge in [-0.2, -0.15) is 4.31 Å². The fourth-order valence-corrected chi connectivity index (χ4v) is 6.19. The molecular weight excluding hydrogens is 398 g/mol. The average molecular weight is 422 g/mol. The van der Waals surface area contributed by atoms with Crippen molar-refractivity contribution in [1.82, 2.24) is 9.62 Å². The van der Waals surface area contributed by atoms with Gasteiger partial charge in [0.25, 0.3) is 10.0 Å². The van der Waals surface area contributed by atoms with Gasteiger partial charge in [-0.1, -0.05) is 12.1 Å². The molecule has 2 heterocycles. The molecule has 1 aromatic carbocycles. The highest BCUT2D eigenvalue weighted by Crippen LogP contribution is 2.28. The largest absolute Gasteiger partial charge is 0.346 e. The van der Waals surface area contributed by atoms with Crippen LogP contribution in [0, 0.1) is 13.8 Å². The molecule has 1 aliphatic heterocycles. The van der Waals surface area contributed by atoms with Crippen molar-refractivity contribution in [3.8, 4) is 0 Å². The Kier molecular flexibility index (Phi) is 6.17. The van der Waals surface area contributed by atoms with Crippen LogP contribution in [0.4, 0.5) is 5.69 Å². The SMILES string of the molecule is Cc1cc(C)cc(NC(=O)C(=O)NC[C@@H]2CCCN2S(=O)(=O)c2cccs2)c1. The van der Waals surface area contributed by atoms with Gasteiger partial charge >= 0.3 is 11.8 Å². The highest BCUT2D eigenvalue weighted by molar-refractivity contribution is 7.91. The summed E-state index contributed by atoms with van der Waals surface area (Å²) in [5.74, 6) is -1.55. The lowest BCUT2D eigenvalue weighted by Crippen LogP contribution is -2.45. The van der Waals surface area contributed by atoms with Crippen molar-refractivity contribution in [2.24, 2.45) is 0 Å². The van der Waals surface area contributed by atoms with Gasteiger partial charge in [-0.05, 0) is 61.4 Å². The maximum absolute atomic E-state index is 12.7. The molecule has 0 spiro atoms. The van der Waals surface area contributed by atoms with Gasteiger partial charge in [0.2, 0.25) is 0 Å². The van der Waals surface area contributed by atoms with Crippen molar-refractivity contribution in [1.29, 1.82) is 0 Å². The average Bonchev–Trinajstić information content (AvgIpc) is 3.30. The summed E-state index contributed by atoms with van der Waals surface area (Å²) in [6, 6.07) is 8.45. The number of nitrogens with one attached hydrogen (secondary N) is 2. The predicted molar refractivity (Wildman–Crippen MR) is 109 cm³/mol. The maximum atomic E-state index is 12.7. The summed E-state index contributed by atoms with van der Waals surface area (Å²) in [6.45, 7) is 4.33. The predicted octanol–water partition coefficient (Wildman–Crippen LogP) is 2.27. The normalized spacial score (nSPS) is 17.4. The Hall–Kier alpha value is -2.23. The quantitative estimate of drug-likeness (QED) is 0.724. The van der Waals surface area contributed by atoms with Crippen molar-refractivity contribution < 1.29 is 18.0 Å². The molecule has 1 fully saturated rings. The monoisotopic (exact) mass is 421 g/mol. The minimum absolute atomic E-state index is 0.101. The second kappa shape index (κ2) is 8.42. The summed E-state index contributed by atoms with van der Waals surface area (Å²) in [5, 5.41) is 6.87. The highest BCUT2D eigenvalue weighted by Gasteiger charge is 2.36. The summed E-state index contributed by atoms with van der Waals surface area (Å²) in [4.78, 5) is 24.3. The summed E-state index contributed by atoms with van der Waals surface area (Å²) in [5.41, 5.74) is 2.52. The number of thiophene rings is 1. The molecule has 1 aliphatic rings. The van der Waals surface area contributed by atoms with Crippen molar-refractivity contribution in [2.45, 2.75) is 36.9 Å². The highest BCUT2D eigenvalue weighted by atomic mass is 32.2. The molecule has 7 nitrogen and oxygen atoms in total. The van der Waals surface area contributed by atoms with E-state index in [1.807, 2.05) is 19.9 Å². The number of aryl methyl sites for hydroxylation is 2. The molecule has 0 aliphatic carbocycles. The summed E-state index contributed by atoms with van der Waals surface area (Å²) in [6.07, 6.45) is 1.36. The molecular formula is C19H23N3O4S2. The van der Waals surface area contributed by atoms with Crippen LogP contribution in [0.25, 0.3) is 0 Å². The van der Waals surface area contributed by atoms with E-state index in [0.29, 0.717) is 22.9 Å². The van der Waals surface area contributed by atoms with Gasteiger partial charge in [-0.25, -0.2) is 8.42 Å². The van der Waals surface area contributed by atoms with Crippen LogP contribution in [0.3, 0.4) is 0 Å². The lowest BCUT2D eigenvalue weighted by Gasteiger charge is -2.23. The van der Waals surface area contributed by atoms with Crippen LogP contribution >= 0.6 is 11.3 Å². The van der Waals surface area contributed by atoms with E-state index in [1.165, 1.54) is 15.6 Å². The number of carbonyl (C=O) groups is 2. The smallest absolute Gasteiger partial charge is 0.313 e. The molecule has 3 rings (SSSR count). The topological polar surface area (TPSA) is 95.6 Å². The molecule has 0 radical (unpaired) electrons. The van der Waals surface area contributed by atoms with Gasteiger partial charge in [0.15, 0.2) is 0 Å². The van der Waals surface area contributed by atoms with E-state index in [9.17, 15) is 18.0 Å². The Morgan fingerprint density at radius 3 is 2.54 bits per heavy atom. The van der Waals surface area contributed by atoms with Gasteiger partial charge in [0.1, 0.15) is 4.21 Å². The maximum Gasteiger partial charge on any atom is 0.313 e. The molecule has 2 N–H and O–H groups in total. The van der Waals surface area contributed by atoms with Crippen LogP contribution in [0.1, 0.15) is 24.0 Å². The van der Waals surface area contributed by atoms with E-state index in [2.05, 4.69) is 10.6 Å². The number of benzene rings is 1. The van der Waals surface area contributed by atoms with Crippen LogP contribution in [-0.2, 0) is 19.6 Å². The molecule has 1 saturated heterocycles. The Morgan fingerprint density at radius 2 is 1.89 bits per heavy atom. The summed E-state index contributed by atoms with van der Waals surface area (Å²) in [7, 11) is -3.57. The minimum atomic E-state index is -3.57. The molecule has 1 aromatic heterocycles. The van der Waals surface area contributed by atoms with E-state index >= 15 is 0 Å². The molecule has 0 unspecified atom stereocenters. The van der Waals surface area contributed by atoms with Crippen LogP contribution < -0.4 is 10.6 Å². The molecule has 2 aromatic rings. The number of sulfonamides is 1. The van der Waals surface area contributed by atoms with Crippen molar-refractivity contribution in [3.63, 3.8) is 0 Å². The fourth-order valence-electron chi connectivity index (χ4n) is 3.38. The van der Waals surface area contributed by atoms with Gasteiger partial charge in [0, 0.05) is 24.8 Å². The lowest BCUT2D eigenvalue weighted by atomic mass is 10.1.